The van der Waals surface area contributed by atoms with Crippen molar-refractivity contribution in [1.29, 1.82) is 0 Å². The third-order valence-electron chi connectivity index (χ3n) is 3.48. The molecule has 0 bridgehead atoms. The average Bonchev–Trinajstić information content (AvgIpc) is 2.75. The lowest BCUT2D eigenvalue weighted by Gasteiger charge is -2.05. The summed E-state index contributed by atoms with van der Waals surface area (Å²) in [6.45, 7) is 11.4. The summed E-state index contributed by atoms with van der Waals surface area (Å²) in [4.78, 5) is 0. The Morgan fingerprint density at radius 1 is 1.38 bits per heavy atom. The Labute approximate surface area is 82.5 Å². The predicted octanol–water partition coefficient (Wildman–Crippen LogP) is 1.76. The summed E-state index contributed by atoms with van der Waals surface area (Å²) in [6, 6.07) is 0.764. The SMILES string of the molecule is CC1CCNC1C.CCC1(C)CN1. The molecule has 13 heavy (non-hydrogen) atoms. The van der Waals surface area contributed by atoms with Crippen LogP contribution in [0.25, 0.3) is 0 Å². The van der Waals surface area contributed by atoms with Gasteiger partial charge in [0.2, 0.25) is 0 Å². The van der Waals surface area contributed by atoms with E-state index >= 15 is 0 Å². The number of rotatable bonds is 1. The molecule has 0 aromatic rings. The largest absolute Gasteiger partial charge is 0.314 e. The van der Waals surface area contributed by atoms with Crippen LogP contribution in [0.1, 0.15) is 40.5 Å². The topological polar surface area (TPSA) is 34.0 Å². The fraction of sp³-hybridized carbons (Fsp3) is 1.00. The van der Waals surface area contributed by atoms with Crippen LogP contribution >= 0.6 is 0 Å². The Hall–Kier alpha value is -0.0800. The van der Waals surface area contributed by atoms with E-state index in [9.17, 15) is 0 Å². The zero-order valence-electron chi connectivity index (χ0n) is 9.48. The van der Waals surface area contributed by atoms with Crippen molar-refractivity contribution < 1.29 is 0 Å². The molecule has 0 aromatic carbocycles. The van der Waals surface area contributed by atoms with Crippen molar-refractivity contribution in [2.24, 2.45) is 5.92 Å². The normalized spacial score (nSPS) is 42.5. The fourth-order valence-corrected chi connectivity index (χ4v) is 1.39. The van der Waals surface area contributed by atoms with Gasteiger partial charge in [0.15, 0.2) is 0 Å². The van der Waals surface area contributed by atoms with Crippen molar-refractivity contribution in [3.05, 3.63) is 0 Å². The maximum atomic E-state index is 3.37. The van der Waals surface area contributed by atoms with Crippen LogP contribution in [0.5, 0.6) is 0 Å². The Kier molecular flexibility index (Phi) is 3.74. The van der Waals surface area contributed by atoms with E-state index in [-0.39, 0.29) is 0 Å². The van der Waals surface area contributed by atoms with Gasteiger partial charge in [0, 0.05) is 18.1 Å². The summed E-state index contributed by atoms with van der Waals surface area (Å²) in [5.74, 6) is 0.903. The second-order valence-corrected chi connectivity index (χ2v) is 4.78. The second kappa shape index (κ2) is 4.43. The van der Waals surface area contributed by atoms with E-state index in [1.165, 1.54) is 25.9 Å². The Morgan fingerprint density at radius 3 is 2.08 bits per heavy atom. The lowest BCUT2D eigenvalue weighted by atomic mass is 10.1. The van der Waals surface area contributed by atoms with Crippen LogP contribution in [0.15, 0.2) is 0 Å². The van der Waals surface area contributed by atoms with E-state index in [2.05, 4.69) is 38.3 Å². The quantitative estimate of drug-likeness (QED) is 0.609. The number of hydrogen-bond donors (Lipinski definition) is 2. The van der Waals surface area contributed by atoms with Gasteiger partial charge in [-0.3, -0.25) is 0 Å². The Balaban J connectivity index is 0.000000132. The number of hydrogen-bond acceptors (Lipinski definition) is 2. The monoisotopic (exact) mass is 184 g/mol. The fourth-order valence-electron chi connectivity index (χ4n) is 1.39. The predicted molar refractivity (Wildman–Crippen MR) is 57.9 cm³/mol. The molecule has 2 heteroatoms. The van der Waals surface area contributed by atoms with Crippen LogP contribution < -0.4 is 10.6 Å². The molecule has 0 saturated carbocycles. The van der Waals surface area contributed by atoms with E-state index in [1.54, 1.807) is 0 Å². The molecule has 3 atom stereocenters. The van der Waals surface area contributed by atoms with E-state index in [4.69, 9.17) is 0 Å². The van der Waals surface area contributed by atoms with Crippen molar-refractivity contribution in [3.8, 4) is 0 Å². The molecule has 3 unspecified atom stereocenters. The van der Waals surface area contributed by atoms with Gasteiger partial charge in [0.25, 0.3) is 0 Å². The number of nitrogens with one attached hydrogen (secondary N) is 2. The molecule has 2 rings (SSSR count). The van der Waals surface area contributed by atoms with Crippen LogP contribution in [0.2, 0.25) is 0 Å². The molecule has 2 aliphatic heterocycles. The molecule has 2 nitrogen and oxygen atoms in total. The lowest BCUT2D eigenvalue weighted by Crippen LogP contribution is -2.20. The highest BCUT2D eigenvalue weighted by Gasteiger charge is 2.33. The van der Waals surface area contributed by atoms with Gasteiger partial charge in [0.05, 0.1) is 0 Å². The third kappa shape index (κ3) is 3.65. The van der Waals surface area contributed by atoms with Crippen molar-refractivity contribution >= 4 is 0 Å². The van der Waals surface area contributed by atoms with Crippen molar-refractivity contribution in [3.63, 3.8) is 0 Å². The van der Waals surface area contributed by atoms with E-state index in [0.717, 1.165) is 12.0 Å². The highest BCUT2D eigenvalue weighted by molar-refractivity contribution is 4.97. The van der Waals surface area contributed by atoms with Crippen LogP contribution in [-0.2, 0) is 0 Å². The minimum absolute atomic E-state index is 0.542. The van der Waals surface area contributed by atoms with Gasteiger partial charge in [-0.15, -0.1) is 0 Å². The molecule has 2 saturated heterocycles. The first kappa shape index (κ1) is 11.0. The molecule has 2 N–H and O–H groups in total. The highest BCUT2D eigenvalue weighted by Crippen LogP contribution is 2.18. The summed E-state index contributed by atoms with van der Waals surface area (Å²) in [6.07, 6.45) is 2.63. The summed E-state index contributed by atoms with van der Waals surface area (Å²) < 4.78 is 0. The summed E-state index contributed by atoms with van der Waals surface area (Å²) in [5, 5.41) is 6.63. The van der Waals surface area contributed by atoms with Crippen LogP contribution in [0, 0.1) is 5.92 Å². The van der Waals surface area contributed by atoms with Crippen molar-refractivity contribution in [2.45, 2.75) is 52.1 Å². The van der Waals surface area contributed by atoms with Gasteiger partial charge in [-0.2, -0.15) is 0 Å². The molecule has 2 fully saturated rings. The van der Waals surface area contributed by atoms with E-state index in [1.807, 2.05) is 0 Å². The Morgan fingerprint density at radius 2 is 2.00 bits per heavy atom. The first-order chi connectivity index (χ1) is 6.07. The van der Waals surface area contributed by atoms with E-state index in [0.29, 0.717) is 5.54 Å². The van der Waals surface area contributed by atoms with Gasteiger partial charge < -0.3 is 10.6 Å². The second-order valence-electron chi connectivity index (χ2n) is 4.78. The standard InChI is InChI=1S/C6H13N.C5H11N/c1-5-3-4-7-6(5)2;1-3-5(2)4-6-5/h5-7H,3-4H2,1-2H3;6H,3-4H2,1-2H3. The maximum absolute atomic E-state index is 3.37. The van der Waals surface area contributed by atoms with Gasteiger partial charge in [0.1, 0.15) is 0 Å². The molecule has 0 radical (unpaired) electrons. The van der Waals surface area contributed by atoms with Gasteiger partial charge in [-0.25, -0.2) is 0 Å². The maximum Gasteiger partial charge on any atom is 0.0276 e. The van der Waals surface area contributed by atoms with Crippen LogP contribution in [0.4, 0.5) is 0 Å². The average molecular weight is 184 g/mol. The zero-order chi connectivity index (χ0) is 9.90. The van der Waals surface area contributed by atoms with E-state index < -0.39 is 0 Å². The molecular formula is C11H24N2. The lowest BCUT2D eigenvalue weighted by molar-refractivity contribution is 0.519. The van der Waals surface area contributed by atoms with Crippen LogP contribution in [-0.4, -0.2) is 24.7 Å². The molecule has 78 valence electrons. The van der Waals surface area contributed by atoms with Gasteiger partial charge >= 0.3 is 0 Å². The molecule has 0 amide bonds. The third-order valence-corrected chi connectivity index (χ3v) is 3.48. The summed E-state index contributed by atoms with van der Waals surface area (Å²) in [7, 11) is 0. The molecule has 0 aliphatic carbocycles. The van der Waals surface area contributed by atoms with Crippen molar-refractivity contribution in [2.75, 3.05) is 13.1 Å². The minimum Gasteiger partial charge on any atom is -0.314 e. The van der Waals surface area contributed by atoms with Gasteiger partial charge in [-0.05, 0) is 39.2 Å². The van der Waals surface area contributed by atoms with Gasteiger partial charge in [-0.1, -0.05) is 13.8 Å². The molecular weight excluding hydrogens is 160 g/mol. The smallest absolute Gasteiger partial charge is 0.0276 e. The first-order valence-corrected chi connectivity index (χ1v) is 5.56. The summed E-state index contributed by atoms with van der Waals surface area (Å²) >= 11 is 0. The zero-order valence-corrected chi connectivity index (χ0v) is 9.48. The highest BCUT2D eigenvalue weighted by atomic mass is 15.1. The molecule has 2 aliphatic rings. The summed E-state index contributed by atoms with van der Waals surface area (Å²) in [5.41, 5.74) is 0.542. The van der Waals surface area contributed by atoms with Crippen LogP contribution in [0.3, 0.4) is 0 Å². The molecule has 2 heterocycles. The van der Waals surface area contributed by atoms with Crippen molar-refractivity contribution in [1.82, 2.24) is 10.6 Å². The molecule has 0 spiro atoms. The Bertz CT molecular complexity index is 144. The molecule has 0 aromatic heterocycles. The first-order valence-electron chi connectivity index (χ1n) is 5.56. The minimum atomic E-state index is 0.542.